The van der Waals surface area contributed by atoms with Crippen molar-refractivity contribution in [2.45, 2.75) is 18.5 Å². The third-order valence-electron chi connectivity index (χ3n) is 4.46. The average Bonchev–Trinajstić information content (AvgIpc) is 3.35. The van der Waals surface area contributed by atoms with Gasteiger partial charge in [-0.2, -0.15) is 4.98 Å². The molecule has 4 rings (SSSR count). The van der Waals surface area contributed by atoms with Gasteiger partial charge in [-0.3, -0.25) is 9.69 Å². The van der Waals surface area contributed by atoms with Gasteiger partial charge < -0.3 is 14.3 Å². The fourth-order valence-electron chi connectivity index (χ4n) is 3.14. The quantitative estimate of drug-likeness (QED) is 0.774. The molecule has 0 aliphatic carbocycles. The third-order valence-corrected chi connectivity index (χ3v) is 4.46. The van der Waals surface area contributed by atoms with Crippen LogP contribution in [0.2, 0.25) is 0 Å². The molecule has 1 fully saturated rings. The predicted molar refractivity (Wildman–Crippen MR) is 89.6 cm³/mol. The van der Waals surface area contributed by atoms with Gasteiger partial charge in [-0.15, -0.1) is 0 Å². The van der Waals surface area contributed by atoms with Gasteiger partial charge in [-0.25, -0.2) is 4.39 Å². The number of nitrogens with zero attached hydrogens (tertiary/aromatic N) is 3. The fraction of sp³-hybridized carbons (Fsp3) is 0.278. The summed E-state index contributed by atoms with van der Waals surface area (Å²) in [5, 5.41) is 6.93. The second-order valence-corrected chi connectivity index (χ2v) is 6.30. The van der Waals surface area contributed by atoms with E-state index in [1.54, 1.807) is 24.3 Å². The molecule has 0 spiro atoms. The molecule has 2 unspecified atom stereocenters. The maximum absolute atomic E-state index is 13.0. The van der Waals surface area contributed by atoms with E-state index in [2.05, 4.69) is 20.4 Å². The van der Waals surface area contributed by atoms with Gasteiger partial charge in [-0.1, -0.05) is 5.16 Å². The van der Waals surface area contributed by atoms with Crippen LogP contribution in [0.3, 0.4) is 0 Å². The van der Waals surface area contributed by atoms with E-state index in [9.17, 15) is 9.18 Å². The highest BCUT2D eigenvalue weighted by atomic mass is 19.1. The van der Waals surface area contributed by atoms with E-state index in [0.717, 1.165) is 0 Å². The first kappa shape index (κ1) is 16.5. The first-order chi connectivity index (χ1) is 12.6. The summed E-state index contributed by atoms with van der Waals surface area (Å²) >= 11 is 0. The van der Waals surface area contributed by atoms with Crippen LogP contribution < -0.4 is 5.32 Å². The van der Waals surface area contributed by atoms with Gasteiger partial charge in [0.25, 0.3) is 5.91 Å². The maximum atomic E-state index is 13.0. The number of amides is 1. The fourth-order valence-corrected chi connectivity index (χ4v) is 3.14. The third kappa shape index (κ3) is 3.23. The molecule has 1 amide bonds. The summed E-state index contributed by atoms with van der Waals surface area (Å²) in [4.78, 5) is 18.6. The standard InChI is InChI=1S/C18H17FN4O3/c1-23-10-13(20-17(24)15-3-2-8-25-15)9-14(23)18-21-16(22-26-18)11-4-6-12(19)7-5-11/h2-8,13-14H,9-10H2,1H3,(H,20,24). The molecule has 26 heavy (non-hydrogen) atoms. The monoisotopic (exact) mass is 356 g/mol. The molecule has 134 valence electrons. The smallest absolute Gasteiger partial charge is 0.287 e. The number of aromatic nitrogens is 2. The molecule has 1 aliphatic heterocycles. The van der Waals surface area contributed by atoms with E-state index >= 15 is 0 Å². The Hall–Kier alpha value is -3.00. The van der Waals surface area contributed by atoms with Gasteiger partial charge in [0, 0.05) is 18.2 Å². The molecule has 0 saturated carbocycles. The number of likely N-dealkylation sites (tertiary alicyclic amines) is 1. The summed E-state index contributed by atoms with van der Waals surface area (Å²) in [6.45, 7) is 0.658. The van der Waals surface area contributed by atoms with Gasteiger partial charge in [0.15, 0.2) is 5.76 Å². The summed E-state index contributed by atoms with van der Waals surface area (Å²) in [7, 11) is 1.94. The number of rotatable bonds is 4. The number of halogens is 1. The van der Waals surface area contributed by atoms with Crippen molar-refractivity contribution in [2.24, 2.45) is 0 Å². The topological polar surface area (TPSA) is 84.4 Å². The van der Waals surface area contributed by atoms with Crippen molar-refractivity contribution in [2.75, 3.05) is 13.6 Å². The van der Waals surface area contributed by atoms with Gasteiger partial charge in [0.2, 0.25) is 11.7 Å². The number of nitrogens with one attached hydrogen (secondary N) is 1. The van der Waals surface area contributed by atoms with E-state index in [-0.39, 0.29) is 29.6 Å². The van der Waals surface area contributed by atoms with Crippen molar-refractivity contribution in [3.05, 3.63) is 60.1 Å². The molecule has 1 aliphatic rings. The van der Waals surface area contributed by atoms with Crippen molar-refractivity contribution >= 4 is 5.91 Å². The molecular formula is C18H17FN4O3. The first-order valence-electron chi connectivity index (χ1n) is 8.24. The Morgan fingerprint density at radius 2 is 2.12 bits per heavy atom. The predicted octanol–water partition coefficient (Wildman–Crippen LogP) is 2.64. The largest absolute Gasteiger partial charge is 0.459 e. The number of carbonyl (C=O) groups is 1. The van der Waals surface area contributed by atoms with Crippen LogP contribution in [-0.4, -0.2) is 40.6 Å². The van der Waals surface area contributed by atoms with Crippen LogP contribution in [0.5, 0.6) is 0 Å². The zero-order chi connectivity index (χ0) is 18.1. The molecule has 3 heterocycles. The number of hydrogen-bond donors (Lipinski definition) is 1. The Kier molecular flexibility index (Phi) is 4.26. The van der Waals surface area contributed by atoms with Crippen molar-refractivity contribution in [3.8, 4) is 11.4 Å². The molecule has 7 nitrogen and oxygen atoms in total. The average molecular weight is 356 g/mol. The molecule has 2 atom stereocenters. The molecule has 1 aromatic carbocycles. The Labute approximate surface area is 148 Å². The van der Waals surface area contributed by atoms with Gasteiger partial charge >= 0.3 is 0 Å². The lowest BCUT2D eigenvalue weighted by molar-refractivity contribution is 0.0910. The van der Waals surface area contributed by atoms with Crippen LogP contribution in [0.15, 0.2) is 51.6 Å². The van der Waals surface area contributed by atoms with Crippen molar-refractivity contribution in [1.29, 1.82) is 0 Å². The lowest BCUT2D eigenvalue weighted by atomic mass is 10.1. The van der Waals surface area contributed by atoms with E-state index < -0.39 is 0 Å². The number of benzene rings is 1. The van der Waals surface area contributed by atoms with Crippen LogP contribution in [0.25, 0.3) is 11.4 Å². The minimum atomic E-state index is -0.317. The zero-order valence-corrected chi connectivity index (χ0v) is 14.1. The number of hydrogen-bond acceptors (Lipinski definition) is 6. The van der Waals surface area contributed by atoms with Crippen LogP contribution in [0.4, 0.5) is 4.39 Å². The van der Waals surface area contributed by atoms with E-state index in [1.165, 1.54) is 18.4 Å². The van der Waals surface area contributed by atoms with Crippen LogP contribution in [0, 0.1) is 5.82 Å². The second kappa shape index (κ2) is 6.72. The molecule has 1 N–H and O–H groups in total. The number of carbonyl (C=O) groups excluding carboxylic acids is 1. The van der Waals surface area contributed by atoms with Crippen molar-refractivity contribution in [1.82, 2.24) is 20.4 Å². The summed E-state index contributed by atoms with van der Waals surface area (Å²) in [5.74, 6) is 0.611. The first-order valence-corrected chi connectivity index (χ1v) is 8.24. The summed E-state index contributed by atoms with van der Waals surface area (Å²) in [6.07, 6.45) is 2.11. The number of furan rings is 1. The van der Waals surface area contributed by atoms with E-state index in [4.69, 9.17) is 8.94 Å². The molecule has 1 saturated heterocycles. The van der Waals surface area contributed by atoms with Gasteiger partial charge in [-0.05, 0) is 49.9 Å². The van der Waals surface area contributed by atoms with E-state index in [0.29, 0.717) is 30.2 Å². The Balaban J connectivity index is 1.45. The Morgan fingerprint density at radius 1 is 1.31 bits per heavy atom. The van der Waals surface area contributed by atoms with Crippen LogP contribution in [-0.2, 0) is 0 Å². The summed E-state index contributed by atoms with van der Waals surface area (Å²) < 4.78 is 23.6. The second-order valence-electron chi connectivity index (χ2n) is 6.30. The molecule has 0 radical (unpaired) electrons. The highest BCUT2D eigenvalue weighted by Gasteiger charge is 2.35. The van der Waals surface area contributed by atoms with Crippen LogP contribution in [0.1, 0.15) is 28.9 Å². The minimum absolute atomic E-state index is 0.0521. The molecule has 8 heteroatoms. The summed E-state index contributed by atoms with van der Waals surface area (Å²) in [6, 6.07) is 9.07. The minimum Gasteiger partial charge on any atom is -0.459 e. The lowest BCUT2D eigenvalue weighted by Crippen LogP contribution is -2.36. The highest BCUT2D eigenvalue weighted by Crippen LogP contribution is 2.31. The number of likely N-dealkylation sites (N-methyl/N-ethyl adjacent to an activating group) is 1. The Morgan fingerprint density at radius 3 is 2.85 bits per heavy atom. The van der Waals surface area contributed by atoms with Gasteiger partial charge in [0.1, 0.15) is 5.82 Å². The molecule has 2 aromatic heterocycles. The maximum Gasteiger partial charge on any atom is 0.287 e. The highest BCUT2D eigenvalue weighted by molar-refractivity contribution is 5.91. The molecule has 3 aromatic rings. The molecular weight excluding hydrogens is 339 g/mol. The van der Waals surface area contributed by atoms with E-state index in [1.807, 2.05) is 7.05 Å². The summed E-state index contributed by atoms with van der Waals surface area (Å²) in [5.41, 5.74) is 0.685. The molecule has 0 bridgehead atoms. The Bertz CT molecular complexity index is 892. The van der Waals surface area contributed by atoms with Crippen molar-refractivity contribution in [3.63, 3.8) is 0 Å². The van der Waals surface area contributed by atoms with Crippen molar-refractivity contribution < 1.29 is 18.1 Å². The zero-order valence-electron chi connectivity index (χ0n) is 14.1. The van der Waals surface area contributed by atoms with Gasteiger partial charge in [0.05, 0.1) is 12.3 Å². The lowest BCUT2D eigenvalue weighted by Gasteiger charge is -2.14. The van der Waals surface area contributed by atoms with Crippen LogP contribution >= 0.6 is 0 Å². The SMILES string of the molecule is CN1CC(NC(=O)c2ccco2)CC1c1nc(-c2ccc(F)cc2)no1. The normalized spacial score (nSPS) is 20.4.